The Balaban J connectivity index is 1.73. The van der Waals surface area contributed by atoms with Crippen molar-refractivity contribution in [2.24, 2.45) is 22.5 Å². The largest absolute Gasteiger partial charge is 0.380 e. The normalized spacial score (nSPS) is 33.1. The zero-order valence-electron chi connectivity index (χ0n) is 13.4. The number of fused-ring (bicyclic) bond motifs is 2. The van der Waals surface area contributed by atoms with Crippen molar-refractivity contribution in [1.82, 2.24) is 5.32 Å². The summed E-state index contributed by atoms with van der Waals surface area (Å²) in [6.45, 7) is 7.62. The molecule has 0 aromatic heterocycles. The highest BCUT2D eigenvalue weighted by molar-refractivity contribution is 5.76. The standard InChI is InChI=1S/C16H28N2O3/c1-15(2)11-4-7-16(15,3)12(10-11)18-14(20)6-9-21-8-5-13(17)19/h11-12H,4-10H2,1-3H3,(H2,17,19)(H,18,20)/t11-,12-,16+/m1/s1. The van der Waals surface area contributed by atoms with Gasteiger partial charge in [-0.15, -0.1) is 0 Å². The molecule has 5 nitrogen and oxygen atoms in total. The van der Waals surface area contributed by atoms with Gasteiger partial charge in [0.25, 0.3) is 0 Å². The molecule has 3 atom stereocenters. The average molecular weight is 296 g/mol. The first-order valence-corrected chi connectivity index (χ1v) is 7.93. The topological polar surface area (TPSA) is 81.4 Å². The van der Waals surface area contributed by atoms with E-state index in [2.05, 4.69) is 26.1 Å². The zero-order valence-corrected chi connectivity index (χ0v) is 13.4. The predicted octanol–water partition coefficient (Wildman–Crippen LogP) is 1.60. The lowest BCUT2D eigenvalue weighted by Gasteiger charge is -2.39. The summed E-state index contributed by atoms with van der Waals surface area (Å²) in [4.78, 5) is 22.6. The van der Waals surface area contributed by atoms with Gasteiger partial charge in [0, 0.05) is 18.9 Å². The molecule has 0 heterocycles. The van der Waals surface area contributed by atoms with E-state index < -0.39 is 0 Å². The Morgan fingerprint density at radius 3 is 2.43 bits per heavy atom. The molecule has 2 amide bonds. The third-order valence-electron chi connectivity index (χ3n) is 6.10. The maximum Gasteiger partial charge on any atom is 0.222 e. The zero-order chi connectivity index (χ0) is 15.7. The molecule has 5 heteroatoms. The summed E-state index contributed by atoms with van der Waals surface area (Å²) >= 11 is 0. The van der Waals surface area contributed by atoms with Crippen molar-refractivity contribution in [2.75, 3.05) is 13.2 Å². The average Bonchev–Trinajstić information content (AvgIpc) is 2.71. The molecule has 0 radical (unpaired) electrons. The maximum atomic E-state index is 12.0. The molecular weight excluding hydrogens is 268 g/mol. The molecule has 2 rings (SSSR count). The van der Waals surface area contributed by atoms with Gasteiger partial charge in [-0.3, -0.25) is 9.59 Å². The summed E-state index contributed by atoms with van der Waals surface area (Å²) in [6.07, 6.45) is 4.13. The van der Waals surface area contributed by atoms with Crippen LogP contribution in [-0.2, 0) is 14.3 Å². The van der Waals surface area contributed by atoms with Crippen molar-refractivity contribution in [3.63, 3.8) is 0 Å². The Kier molecular flexibility index (Phi) is 4.61. The monoisotopic (exact) mass is 296 g/mol. The van der Waals surface area contributed by atoms with E-state index in [-0.39, 0.29) is 29.7 Å². The highest BCUT2D eigenvalue weighted by Crippen LogP contribution is 2.65. The number of amides is 2. The fourth-order valence-corrected chi connectivity index (χ4v) is 4.13. The third kappa shape index (κ3) is 3.07. The van der Waals surface area contributed by atoms with Crippen LogP contribution >= 0.6 is 0 Å². The van der Waals surface area contributed by atoms with Crippen LogP contribution in [0.5, 0.6) is 0 Å². The molecule has 0 spiro atoms. The molecule has 21 heavy (non-hydrogen) atoms. The van der Waals surface area contributed by atoms with E-state index in [0.717, 1.165) is 12.3 Å². The number of primary amides is 1. The molecule has 2 aliphatic carbocycles. The number of nitrogens with two attached hydrogens (primary N) is 1. The van der Waals surface area contributed by atoms with Crippen LogP contribution < -0.4 is 11.1 Å². The van der Waals surface area contributed by atoms with Crippen LogP contribution in [0.25, 0.3) is 0 Å². The van der Waals surface area contributed by atoms with Crippen molar-refractivity contribution in [1.29, 1.82) is 0 Å². The summed E-state index contributed by atoms with van der Waals surface area (Å²) in [5, 5.41) is 3.20. The minimum atomic E-state index is -0.378. The van der Waals surface area contributed by atoms with Gasteiger partial charge >= 0.3 is 0 Å². The van der Waals surface area contributed by atoms with Crippen molar-refractivity contribution >= 4 is 11.8 Å². The van der Waals surface area contributed by atoms with Gasteiger partial charge in [-0.2, -0.15) is 0 Å². The van der Waals surface area contributed by atoms with Crippen LogP contribution in [0.1, 0.15) is 52.9 Å². The summed E-state index contributed by atoms with van der Waals surface area (Å²) in [5.74, 6) is 0.389. The lowest BCUT2D eigenvalue weighted by atomic mass is 9.69. The van der Waals surface area contributed by atoms with Gasteiger partial charge in [0.15, 0.2) is 0 Å². The quantitative estimate of drug-likeness (QED) is 0.700. The summed E-state index contributed by atoms with van der Waals surface area (Å²) in [5.41, 5.74) is 5.54. The molecule has 0 aliphatic heterocycles. The lowest BCUT2D eigenvalue weighted by Crippen LogP contribution is -2.47. The third-order valence-corrected chi connectivity index (χ3v) is 6.10. The van der Waals surface area contributed by atoms with Gasteiger partial charge in [-0.1, -0.05) is 20.8 Å². The maximum absolute atomic E-state index is 12.0. The van der Waals surface area contributed by atoms with Crippen LogP contribution in [0.4, 0.5) is 0 Å². The van der Waals surface area contributed by atoms with E-state index in [1.54, 1.807) is 0 Å². The van der Waals surface area contributed by atoms with Crippen LogP contribution in [0.2, 0.25) is 0 Å². The molecule has 0 aromatic carbocycles. The second kappa shape index (κ2) is 5.95. The molecule has 0 saturated heterocycles. The minimum Gasteiger partial charge on any atom is -0.380 e. The Bertz CT molecular complexity index is 422. The van der Waals surface area contributed by atoms with Gasteiger partial charge in [0.2, 0.25) is 11.8 Å². The molecule has 2 fully saturated rings. The number of rotatable bonds is 7. The van der Waals surface area contributed by atoms with E-state index in [1.165, 1.54) is 12.8 Å². The highest BCUT2D eigenvalue weighted by Gasteiger charge is 2.61. The van der Waals surface area contributed by atoms with Crippen molar-refractivity contribution in [3.05, 3.63) is 0 Å². The number of hydrogen-bond donors (Lipinski definition) is 2. The van der Waals surface area contributed by atoms with E-state index >= 15 is 0 Å². The fourth-order valence-electron chi connectivity index (χ4n) is 4.13. The number of hydrogen-bond acceptors (Lipinski definition) is 3. The molecule has 0 aromatic rings. The minimum absolute atomic E-state index is 0.0450. The van der Waals surface area contributed by atoms with Crippen molar-refractivity contribution < 1.29 is 14.3 Å². The van der Waals surface area contributed by atoms with Crippen LogP contribution in [-0.4, -0.2) is 31.1 Å². The second-order valence-corrected chi connectivity index (χ2v) is 7.31. The Morgan fingerprint density at radius 2 is 1.90 bits per heavy atom. The van der Waals surface area contributed by atoms with Crippen LogP contribution in [0.3, 0.4) is 0 Å². The fraction of sp³-hybridized carbons (Fsp3) is 0.875. The van der Waals surface area contributed by atoms with E-state index in [0.29, 0.717) is 25.0 Å². The van der Waals surface area contributed by atoms with Crippen LogP contribution in [0.15, 0.2) is 0 Å². The van der Waals surface area contributed by atoms with E-state index in [1.807, 2.05) is 0 Å². The van der Waals surface area contributed by atoms with Crippen molar-refractivity contribution in [3.8, 4) is 0 Å². The van der Waals surface area contributed by atoms with Gasteiger partial charge in [0.1, 0.15) is 0 Å². The molecule has 2 bridgehead atoms. The van der Waals surface area contributed by atoms with E-state index in [4.69, 9.17) is 10.5 Å². The number of nitrogens with one attached hydrogen (secondary N) is 1. The van der Waals surface area contributed by atoms with Gasteiger partial charge in [-0.25, -0.2) is 0 Å². The smallest absolute Gasteiger partial charge is 0.222 e. The number of carbonyl (C=O) groups excluding carboxylic acids is 2. The SMILES string of the molecule is CC1(C)[C@@H]2CC[C@@]1(C)[C@H](NC(=O)CCOCCC(N)=O)C2. The summed E-state index contributed by atoms with van der Waals surface area (Å²) in [6, 6.07) is 0.282. The summed E-state index contributed by atoms with van der Waals surface area (Å²) < 4.78 is 5.25. The predicted molar refractivity (Wildman–Crippen MR) is 80.4 cm³/mol. The van der Waals surface area contributed by atoms with E-state index in [9.17, 15) is 9.59 Å². The lowest BCUT2D eigenvalue weighted by molar-refractivity contribution is -0.124. The van der Waals surface area contributed by atoms with Gasteiger partial charge in [-0.05, 0) is 36.0 Å². The number of carbonyl (C=O) groups is 2. The second-order valence-electron chi connectivity index (χ2n) is 7.31. The Morgan fingerprint density at radius 1 is 1.24 bits per heavy atom. The number of ether oxygens (including phenoxy) is 1. The molecule has 3 N–H and O–H groups in total. The summed E-state index contributed by atoms with van der Waals surface area (Å²) in [7, 11) is 0. The molecule has 2 aliphatic rings. The first kappa shape index (κ1) is 16.3. The van der Waals surface area contributed by atoms with Gasteiger partial charge < -0.3 is 15.8 Å². The first-order valence-electron chi connectivity index (χ1n) is 7.93. The van der Waals surface area contributed by atoms with Crippen LogP contribution in [0, 0.1) is 16.7 Å². The molecule has 120 valence electrons. The first-order chi connectivity index (χ1) is 9.77. The highest BCUT2D eigenvalue weighted by atomic mass is 16.5. The molecule has 0 unspecified atom stereocenters. The van der Waals surface area contributed by atoms with Crippen molar-refractivity contribution in [2.45, 2.75) is 58.9 Å². The molecular formula is C16H28N2O3. The Hall–Kier alpha value is -1.10. The Labute approximate surface area is 127 Å². The molecule has 2 saturated carbocycles. The van der Waals surface area contributed by atoms with Gasteiger partial charge in [0.05, 0.1) is 13.2 Å².